The number of hydrogen-bond donors (Lipinski definition) is 1. The van der Waals surface area contributed by atoms with Gasteiger partial charge in [0.15, 0.2) is 0 Å². The summed E-state index contributed by atoms with van der Waals surface area (Å²) in [5.41, 5.74) is 7.79. The number of aromatic nitrogens is 2. The fraction of sp³-hybridized carbons (Fsp3) is 0.167. The Morgan fingerprint density at radius 3 is 2.41 bits per heavy atom. The third kappa shape index (κ3) is 2.65. The number of hydrogen-bond acceptors (Lipinski definition) is 4. The van der Waals surface area contributed by atoms with E-state index < -0.39 is 0 Å². The van der Waals surface area contributed by atoms with E-state index in [0.29, 0.717) is 5.75 Å². The zero-order chi connectivity index (χ0) is 12.4. The van der Waals surface area contributed by atoms with Gasteiger partial charge in [0.1, 0.15) is 22.9 Å². The lowest BCUT2D eigenvalue weighted by molar-refractivity contribution is 0.461. The molecule has 88 valence electrons. The van der Waals surface area contributed by atoms with E-state index in [1.807, 2.05) is 26.0 Å². The smallest absolute Gasteiger partial charge is 0.243 e. The molecule has 0 bridgehead atoms. The molecular formula is C12H12ClN3O. The van der Waals surface area contributed by atoms with Gasteiger partial charge < -0.3 is 10.5 Å². The average molecular weight is 250 g/mol. The first kappa shape index (κ1) is 11.7. The van der Waals surface area contributed by atoms with E-state index in [2.05, 4.69) is 16.0 Å². The quantitative estimate of drug-likeness (QED) is 0.888. The number of rotatable bonds is 2. The molecule has 2 aromatic rings. The molecule has 1 aromatic heterocycles. The van der Waals surface area contributed by atoms with Crippen molar-refractivity contribution in [2.45, 2.75) is 13.8 Å². The van der Waals surface area contributed by atoms with Crippen molar-refractivity contribution in [3.8, 4) is 11.6 Å². The molecule has 1 heterocycles. The van der Waals surface area contributed by atoms with Gasteiger partial charge in [-0.15, -0.1) is 0 Å². The summed E-state index contributed by atoms with van der Waals surface area (Å²) in [6.07, 6.45) is 1.32. The van der Waals surface area contributed by atoms with Crippen LogP contribution >= 0.6 is 11.6 Å². The Morgan fingerprint density at radius 2 is 1.76 bits per heavy atom. The molecule has 0 aliphatic rings. The highest BCUT2D eigenvalue weighted by molar-refractivity contribution is 6.34. The molecule has 2 N–H and O–H groups in total. The molecule has 0 atom stereocenters. The summed E-state index contributed by atoms with van der Waals surface area (Å²) in [7, 11) is 0. The van der Waals surface area contributed by atoms with Crippen LogP contribution in [0.1, 0.15) is 11.1 Å². The third-order valence-electron chi connectivity index (χ3n) is 2.19. The van der Waals surface area contributed by atoms with Crippen LogP contribution in [0.2, 0.25) is 5.02 Å². The Kier molecular flexibility index (Phi) is 3.15. The van der Waals surface area contributed by atoms with Gasteiger partial charge in [0.2, 0.25) is 5.88 Å². The normalized spacial score (nSPS) is 10.3. The molecule has 5 heteroatoms. The van der Waals surface area contributed by atoms with Crippen molar-refractivity contribution in [1.82, 2.24) is 9.97 Å². The van der Waals surface area contributed by atoms with Crippen LogP contribution in [0.5, 0.6) is 11.6 Å². The molecule has 0 fully saturated rings. The molecule has 0 saturated carbocycles. The predicted octanol–water partition coefficient (Wildman–Crippen LogP) is 3.12. The van der Waals surface area contributed by atoms with Crippen LogP contribution in [0.25, 0.3) is 0 Å². The van der Waals surface area contributed by atoms with Gasteiger partial charge >= 0.3 is 0 Å². The second-order valence-electron chi connectivity index (χ2n) is 3.80. The molecule has 1 aromatic carbocycles. The Balaban J connectivity index is 2.34. The minimum absolute atomic E-state index is 0.209. The first-order valence-corrected chi connectivity index (χ1v) is 5.46. The van der Waals surface area contributed by atoms with Crippen LogP contribution in [-0.4, -0.2) is 9.97 Å². The molecule has 4 nitrogen and oxygen atoms in total. The minimum atomic E-state index is 0.209. The predicted molar refractivity (Wildman–Crippen MR) is 67.4 cm³/mol. The second-order valence-corrected chi connectivity index (χ2v) is 4.18. The summed E-state index contributed by atoms with van der Waals surface area (Å²) in [5, 5.41) is 0.228. The van der Waals surface area contributed by atoms with Crippen molar-refractivity contribution in [2.75, 3.05) is 5.73 Å². The summed E-state index contributed by atoms with van der Waals surface area (Å²) < 4.78 is 5.59. The molecule has 0 spiro atoms. The van der Waals surface area contributed by atoms with Crippen LogP contribution in [0.4, 0.5) is 5.82 Å². The van der Waals surface area contributed by atoms with Crippen molar-refractivity contribution >= 4 is 17.4 Å². The number of nitrogens with two attached hydrogens (primary N) is 1. The zero-order valence-electron chi connectivity index (χ0n) is 9.57. The highest BCUT2D eigenvalue weighted by Crippen LogP contribution is 2.30. The zero-order valence-corrected chi connectivity index (χ0v) is 10.3. The first-order chi connectivity index (χ1) is 8.06. The maximum Gasteiger partial charge on any atom is 0.243 e. The highest BCUT2D eigenvalue weighted by Gasteiger charge is 2.09. The fourth-order valence-electron chi connectivity index (χ4n) is 1.54. The lowest BCUT2D eigenvalue weighted by atomic mass is 10.1. The maximum atomic E-state index is 5.95. The third-order valence-corrected chi connectivity index (χ3v) is 2.55. The summed E-state index contributed by atoms with van der Waals surface area (Å²) in [6, 6.07) is 5.87. The van der Waals surface area contributed by atoms with E-state index in [1.54, 1.807) is 0 Å². The van der Waals surface area contributed by atoms with Gasteiger partial charge in [-0.05, 0) is 37.1 Å². The Labute approximate surface area is 104 Å². The molecule has 0 radical (unpaired) electrons. The van der Waals surface area contributed by atoms with Crippen molar-refractivity contribution in [1.29, 1.82) is 0 Å². The summed E-state index contributed by atoms with van der Waals surface area (Å²) >= 11 is 5.95. The molecule has 17 heavy (non-hydrogen) atoms. The van der Waals surface area contributed by atoms with Gasteiger partial charge in [-0.3, -0.25) is 0 Å². The molecule has 0 saturated heterocycles. The number of anilines is 1. The number of ether oxygens (including phenoxy) is 1. The lowest BCUT2D eigenvalue weighted by Gasteiger charge is -2.08. The minimum Gasteiger partial charge on any atom is -0.437 e. The van der Waals surface area contributed by atoms with Crippen LogP contribution in [-0.2, 0) is 0 Å². The fourth-order valence-corrected chi connectivity index (χ4v) is 1.68. The van der Waals surface area contributed by atoms with Crippen LogP contribution in [0.3, 0.4) is 0 Å². The van der Waals surface area contributed by atoms with E-state index in [9.17, 15) is 0 Å². The molecular weight excluding hydrogens is 238 g/mol. The van der Waals surface area contributed by atoms with E-state index in [-0.39, 0.29) is 16.7 Å². The van der Waals surface area contributed by atoms with Crippen LogP contribution < -0.4 is 10.5 Å². The summed E-state index contributed by atoms with van der Waals surface area (Å²) in [5.74, 6) is 1.16. The standard InChI is InChI=1S/C12H12ClN3O/c1-7-3-8(2)5-9(4-7)17-12-10(13)11(14)15-6-16-12/h3-6H,1-2H3,(H2,14,15,16). The molecule has 0 amide bonds. The van der Waals surface area contributed by atoms with E-state index >= 15 is 0 Å². The number of nitrogens with zero attached hydrogens (tertiary/aromatic N) is 2. The van der Waals surface area contributed by atoms with E-state index in [4.69, 9.17) is 22.1 Å². The van der Waals surface area contributed by atoms with Crippen LogP contribution in [0.15, 0.2) is 24.5 Å². The molecule has 2 rings (SSSR count). The van der Waals surface area contributed by atoms with E-state index in [1.165, 1.54) is 6.33 Å². The number of nitrogen functional groups attached to an aromatic ring is 1. The Morgan fingerprint density at radius 1 is 1.12 bits per heavy atom. The number of aryl methyl sites for hydroxylation is 2. The Hall–Kier alpha value is -1.81. The van der Waals surface area contributed by atoms with Gasteiger partial charge in [0.05, 0.1) is 0 Å². The second kappa shape index (κ2) is 4.59. The van der Waals surface area contributed by atoms with Crippen molar-refractivity contribution in [3.63, 3.8) is 0 Å². The number of benzene rings is 1. The molecule has 0 aliphatic carbocycles. The van der Waals surface area contributed by atoms with Gasteiger partial charge in [-0.2, -0.15) is 4.98 Å². The average Bonchev–Trinajstić information content (AvgIpc) is 2.23. The Bertz CT molecular complexity index is 537. The van der Waals surface area contributed by atoms with Crippen molar-refractivity contribution in [3.05, 3.63) is 40.7 Å². The van der Waals surface area contributed by atoms with Crippen LogP contribution in [0, 0.1) is 13.8 Å². The number of halogens is 1. The van der Waals surface area contributed by atoms with Gasteiger partial charge in [0.25, 0.3) is 0 Å². The topological polar surface area (TPSA) is 61.0 Å². The van der Waals surface area contributed by atoms with Gasteiger partial charge in [0, 0.05) is 0 Å². The summed E-state index contributed by atoms with van der Waals surface area (Å²) in [6.45, 7) is 3.99. The monoisotopic (exact) mass is 249 g/mol. The van der Waals surface area contributed by atoms with Gasteiger partial charge in [-0.25, -0.2) is 4.98 Å². The van der Waals surface area contributed by atoms with Crippen molar-refractivity contribution < 1.29 is 4.74 Å². The lowest BCUT2D eigenvalue weighted by Crippen LogP contribution is -1.96. The largest absolute Gasteiger partial charge is 0.437 e. The SMILES string of the molecule is Cc1cc(C)cc(Oc2ncnc(N)c2Cl)c1. The summed E-state index contributed by atoms with van der Waals surface area (Å²) in [4.78, 5) is 7.72. The molecule has 0 aliphatic heterocycles. The molecule has 0 unspecified atom stereocenters. The maximum absolute atomic E-state index is 5.95. The van der Waals surface area contributed by atoms with E-state index in [0.717, 1.165) is 11.1 Å². The van der Waals surface area contributed by atoms with Gasteiger partial charge in [-0.1, -0.05) is 17.7 Å². The highest BCUT2D eigenvalue weighted by atomic mass is 35.5. The van der Waals surface area contributed by atoms with Crippen molar-refractivity contribution in [2.24, 2.45) is 0 Å². The first-order valence-electron chi connectivity index (χ1n) is 5.08.